The molecule has 0 saturated heterocycles. The molecule has 7 heteroatoms. The summed E-state index contributed by atoms with van der Waals surface area (Å²) in [7, 11) is 7.32. The van der Waals surface area contributed by atoms with Crippen LogP contribution in [0.25, 0.3) is 0 Å². The van der Waals surface area contributed by atoms with Gasteiger partial charge in [0.15, 0.2) is 11.1 Å². The van der Waals surface area contributed by atoms with Crippen LogP contribution in [0.5, 0.6) is 0 Å². The van der Waals surface area contributed by atoms with Crippen molar-refractivity contribution < 1.29 is 27.7 Å². The topological polar surface area (TPSA) is 74.2 Å². The highest BCUT2D eigenvalue weighted by Crippen LogP contribution is 1.89. The monoisotopic (exact) mass is 462 g/mol. The van der Waals surface area contributed by atoms with E-state index in [1.807, 2.05) is 58.9 Å². The normalized spacial score (nSPS) is 8.83. The number of ether oxygens (including phenoxy) is 3. The molecule has 0 amide bonds. The average Bonchev–Trinajstić information content (AvgIpc) is 2.70. The standard InChI is InChI=1S/C6H14O3.2C4H8.C3H6.C2H6O2S.CH4O.3CH4/c1-7-4-6(9-3)5-8-2;2*1-3-4-2;1-3-2;1-4-5(2)3;1-2;;;/h6H,4-5H2,1-3H3;2*3-4H,1-2H3;3H,1H2,2H3;1-2H3;2H,1H3;3*1H4. The van der Waals surface area contributed by atoms with Gasteiger partial charge in [-0.2, -0.15) is 0 Å². The zero-order valence-electron chi connectivity index (χ0n) is 19.5. The van der Waals surface area contributed by atoms with Crippen molar-refractivity contribution in [2.75, 3.05) is 55.0 Å². The van der Waals surface area contributed by atoms with Crippen molar-refractivity contribution in [3.05, 3.63) is 37.0 Å². The molecule has 0 radical (unpaired) electrons. The lowest BCUT2D eigenvalue weighted by Crippen LogP contribution is -2.22. The van der Waals surface area contributed by atoms with E-state index in [1.54, 1.807) is 27.4 Å². The van der Waals surface area contributed by atoms with Gasteiger partial charge in [0.1, 0.15) is 6.10 Å². The molecular weight excluding hydrogens is 404 g/mol. The molecule has 0 spiro atoms. The molecule has 1 N–H and O–H groups in total. The second-order valence-corrected chi connectivity index (χ2v) is 5.21. The van der Waals surface area contributed by atoms with Crippen LogP contribution in [-0.2, 0) is 29.5 Å². The summed E-state index contributed by atoms with van der Waals surface area (Å²) in [6.07, 6.45) is 11.3. The number of rotatable bonds is 6. The van der Waals surface area contributed by atoms with E-state index in [0.29, 0.717) is 13.2 Å². The molecule has 0 fully saturated rings. The number of aliphatic hydroxyl groups excluding tert-OH is 1. The first-order valence-electron chi connectivity index (χ1n) is 8.41. The number of hydrogen-bond acceptors (Lipinski definition) is 6. The number of aliphatic hydroxyl groups is 1. The second-order valence-electron chi connectivity index (χ2n) is 4.08. The fourth-order valence-electron chi connectivity index (χ4n) is 0.556. The van der Waals surface area contributed by atoms with Gasteiger partial charge >= 0.3 is 0 Å². The maximum Gasteiger partial charge on any atom is 0.151 e. The van der Waals surface area contributed by atoms with Gasteiger partial charge in [-0.25, -0.2) is 4.21 Å². The number of methoxy groups -OCH3 is 3. The second kappa shape index (κ2) is 79.5. The minimum atomic E-state index is -1.07. The summed E-state index contributed by atoms with van der Waals surface area (Å²) in [6.45, 7) is 14.4. The third-order valence-electron chi connectivity index (χ3n) is 1.94. The third kappa shape index (κ3) is 149. The summed E-state index contributed by atoms with van der Waals surface area (Å²) >= 11 is -1.07. The Morgan fingerprint density at radius 3 is 1.07 bits per heavy atom. The molecule has 0 aliphatic carbocycles. The van der Waals surface area contributed by atoms with Crippen LogP contribution in [0, 0.1) is 0 Å². The summed E-state index contributed by atoms with van der Waals surface area (Å²) < 4.78 is 28.6. The molecule has 1 atom stereocenters. The minimum Gasteiger partial charge on any atom is -0.400 e. The van der Waals surface area contributed by atoms with Gasteiger partial charge in [0.2, 0.25) is 0 Å². The summed E-state index contributed by atoms with van der Waals surface area (Å²) in [5, 5.41) is 7.00. The van der Waals surface area contributed by atoms with Crippen LogP contribution in [0.4, 0.5) is 0 Å². The predicted octanol–water partition coefficient (Wildman–Crippen LogP) is 6.09. The van der Waals surface area contributed by atoms with E-state index in [2.05, 4.69) is 10.8 Å². The molecule has 0 heterocycles. The van der Waals surface area contributed by atoms with Crippen LogP contribution in [0.15, 0.2) is 37.0 Å². The largest absolute Gasteiger partial charge is 0.400 e. The van der Waals surface area contributed by atoms with Crippen molar-refractivity contribution in [3.8, 4) is 0 Å². The van der Waals surface area contributed by atoms with Gasteiger partial charge in [-0.3, -0.25) is 4.18 Å². The zero-order valence-corrected chi connectivity index (χ0v) is 20.3. The molecule has 0 aromatic carbocycles. The van der Waals surface area contributed by atoms with Gasteiger partial charge in [0, 0.05) is 34.7 Å². The Morgan fingerprint density at radius 1 is 0.800 bits per heavy atom. The zero-order chi connectivity index (χ0) is 22.9. The fourth-order valence-corrected chi connectivity index (χ4v) is 0.556. The van der Waals surface area contributed by atoms with E-state index >= 15 is 0 Å². The van der Waals surface area contributed by atoms with Crippen molar-refractivity contribution in [3.63, 3.8) is 0 Å². The lowest BCUT2D eigenvalue weighted by atomic mass is 10.4. The lowest BCUT2D eigenvalue weighted by Gasteiger charge is -2.11. The highest BCUT2D eigenvalue weighted by atomic mass is 32.2. The first-order chi connectivity index (χ1) is 12.9. The summed E-state index contributed by atoms with van der Waals surface area (Å²) in [6, 6.07) is 0. The average molecular weight is 463 g/mol. The quantitative estimate of drug-likeness (QED) is 0.481. The van der Waals surface area contributed by atoms with Crippen molar-refractivity contribution in [1.29, 1.82) is 0 Å². The molecule has 6 nitrogen and oxygen atoms in total. The summed E-state index contributed by atoms with van der Waals surface area (Å²) in [4.78, 5) is 0. The van der Waals surface area contributed by atoms with E-state index in [-0.39, 0.29) is 28.4 Å². The molecule has 192 valence electrons. The van der Waals surface area contributed by atoms with Crippen molar-refractivity contribution in [2.45, 2.75) is 63.0 Å². The van der Waals surface area contributed by atoms with E-state index in [9.17, 15) is 4.21 Å². The minimum absolute atomic E-state index is 0. The smallest absolute Gasteiger partial charge is 0.151 e. The highest BCUT2D eigenvalue weighted by molar-refractivity contribution is 7.79. The molecule has 1 unspecified atom stereocenters. The summed E-state index contributed by atoms with van der Waals surface area (Å²) in [5.74, 6) is 0. The molecule has 0 aliphatic rings. The van der Waals surface area contributed by atoms with E-state index in [0.717, 1.165) is 7.11 Å². The van der Waals surface area contributed by atoms with E-state index in [1.165, 1.54) is 13.4 Å². The lowest BCUT2D eigenvalue weighted by molar-refractivity contribution is -0.0178. The molecule has 0 aromatic rings. The molecule has 0 aliphatic heterocycles. The molecular formula is C23H58O6S. The van der Waals surface area contributed by atoms with Crippen molar-refractivity contribution >= 4 is 11.1 Å². The van der Waals surface area contributed by atoms with Crippen LogP contribution in [-0.4, -0.2) is 70.4 Å². The first kappa shape index (κ1) is 56.9. The van der Waals surface area contributed by atoms with Gasteiger partial charge in [-0.15, -0.1) is 6.58 Å². The van der Waals surface area contributed by atoms with Gasteiger partial charge in [0.05, 0.1) is 20.3 Å². The van der Waals surface area contributed by atoms with Crippen molar-refractivity contribution in [1.82, 2.24) is 0 Å². The maximum atomic E-state index is 9.70. The Balaban J connectivity index is -0.0000000264. The van der Waals surface area contributed by atoms with E-state index < -0.39 is 11.1 Å². The molecule has 0 aromatic heterocycles. The molecule has 30 heavy (non-hydrogen) atoms. The van der Waals surface area contributed by atoms with Crippen LogP contribution in [0.3, 0.4) is 0 Å². The number of allylic oxidation sites excluding steroid dienone is 5. The van der Waals surface area contributed by atoms with Gasteiger partial charge in [-0.05, 0) is 34.6 Å². The van der Waals surface area contributed by atoms with E-state index in [4.69, 9.17) is 19.3 Å². The Morgan fingerprint density at radius 2 is 1.00 bits per heavy atom. The van der Waals surface area contributed by atoms with Crippen LogP contribution < -0.4 is 0 Å². The van der Waals surface area contributed by atoms with Crippen LogP contribution >= 0.6 is 0 Å². The molecule has 0 saturated carbocycles. The predicted molar refractivity (Wildman–Crippen MR) is 141 cm³/mol. The van der Waals surface area contributed by atoms with Gasteiger partial charge in [0.25, 0.3) is 0 Å². The van der Waals surface area contributed by atoms with Crippen LogP contribution in [0.2, 0.25) is 0 Å². The maximum absolute atomic E-state index is 9.70. The van der Waals surface area contributed by atoms with Gasteiger partial charge in [-0.1, -0.05) is 52.7 Å². The fraction of sp³-hybridized carbons (Fsp3) is 0.739. The Bertz CT molecular complexity index is 259. The SMILES string of the molecule is C.C.C.C=CC.CC=CC.CC=CC.CO.COCC(COC)OC.COS(C)=O. The summed E-state index contributed by atoms with van der Waals surface area (Å²) in [5.41, 5.74) is 0. The van der Waals surface area contributed by atoms with Gasteiger partial charge < -0.3 is 19.3 Å². The highest BCUT2D eigenvalue weighted by Gasteiger charge is 2.03. The van der Waals surface area contributed by atoms with Crippen LogP contribution in [0.1, 0.15) is 56.9 Å². The molecule has 0 bridgehead atoms. The third-order valence-corrected chi connectivity index (χ3v) is 2.41. The Hall–Kier alpha value is -0.830. The van der Waals surface area contributed by atoms with Crippen molar-refractivity contribution in [2.24, 2.45) is 0 Å². The Kier molecular flexibility index (Phi) is 151. The Labute approximate surface area is 194 Å². The first-order valence-corrected chi connectivity index (χ1v) is 9.90. The number of hydrogen-bond donors (Lipinski definition) is 1. The molecule has 0 rings (SSSR count).